The number of aromatic nitrogens is 3. The molecule has 3 rings (SSSR count). The van der Waals surface area contributed by atoms with Crippen molar-refractivity contribution in [3.05, 3.63) is 29.5 Å². The number of fused-ring (bicyclic) bond motifs is 1. The van der Waals surface area contributed by atoms with Crippen molar-refractivity contribution in [3.63, 3.8) is 0 Å². The van der Waals surface area contributed by atoms with Crippen molar-refractivity contribution >= 4 is 10.9 Å². The van der Waals surface area contributed by atoms with E-state index in [0.29, 0.717) is 5.82 Å². The van der Waals surface area contributed by atoms with Crippen LogP contribution in [0.1, 0.15) is 62.0 Å². The van der Waals surface area contributed by atoms with Crippen LogP contribution in [0.4, 0.5) is 13.2 Å². The molecule has 0 unspecified atom stereocenters. The molecule has 0 radical (unpaired) electrons. The van der Waals surface area contributed by atoms with Gasteiger partial charge in [0.25, 0.3) is 0 Å². The molecule has 0 bridgehead atoms. The summed E-state index contributed by atoms with van der Waals surface area (Å²) in [5.41, 5.74) is 2.63. The Morgan fingerprint density at radius 2 is 1.85 bits per heavy atom. The van der Waals surface area contributed by atoms with Gasteiger partial charge in [-0.1, -0.05) is 6.92 Å². The van der Waals surface area contributed by atoms with Gasteiger partial charge in [-0.05, 0) is 50.0 Å². The van der Waals surface area contributed by atoms with Crippen LogP contribution in [-0.4, -0.2) is 32.3 Å². The number of halogens is 3. The zero-order chi connectivity index (χ0) is 18.9. The maximum atomic E-state index is 12.6. The monoisotopic (exact) mass is 367 g/mol. The summed E-state index contributed by atoms with van der Waals surface area (Å²) in [6.45, 7) is 3.45. The van der Waals surface area contributed by atoms with Crippen LogP contribution in [0.2, 0.25) is 0 Å². The standard InChI is InChI=1S/C19H24F3N3O/c1-11(8-19(20,21)22)7-17-24-9-15-12(2)23-10-16(18(15)25-17)13-3-5-14(26)6-4-13/h9-11,13-14,26H,3-8H2,1-2H3/t11-,13?,14?/m1/s1. The Bertz CT molecular complexity index is 770. The highest BCUT2D eigenvalue weighted by molar-refractivity contribution is 5.83. The minimum atomic E-state index is -4.18. The molecule has 0 amide bonds. The third kappa shape index (κ3) is 4.50. The second-order valence-electron chi connectivity index (χ2n) is 7.48. The molecule has 0 aliphatic heterocycles. The lowest BCUT2D eigenvalue weighted by Crippen LogP contribution is -2.18. The Morgan fingerprint density at radius 3 is 2.50 bits per heavy atom. The summed E-state index contributed by atoms with van der Waals surface area (Å²) in [6, 6.07) is 0. The van der Waals surface area contributed by atoms with E-state index in [9.17, 15) is 18.3 Å². The zero-order valence-corrected chi connectivity index (χ0v) is 15.1. The molecule has 1 aliphatic carbocycles. The Labute approximate surface area is 150 Å². The molecule has 4 nitrogen and oxygen atoms in total. The number of hydrogen-bond acceptors (Lipinski definition) is 4. The van der Waals surface area contributed by atoms with Crippen LogP contribution in [0.3, 0.4) is 0 Å². The van der Waals surface area contributed by atoms with E-state index in [4.69, 9.17) is 0 Å². The van der Waals surface area contributed by atoms with Crippen molar-refractivity contribution in [2.24, 2.45) is 5.92 Å². The quantitative estimate of drug-likeness (QED) is 0.865. The highest BCUT2D eigenvalue weighted by atomic mass is 19.4. The Morgan fingerprint density at radius 1 is 1.15 bits per heavy atom. The zero-order valence-electron chi connectivity index (χ0n) is 15.1. The van der Waals surface area contributed by atoms with Gasteiger partial charge >= 0.3 is 6.18 Å². The van der Waals surface area contributed by atoms with Crippen molar-refractivity contribution < 1.29 is 18.3 Å². The summed E-state index contributed by atoms with van der Waals surface area (Å²) < 4.78 is 37.8. The van der Waals surface area contributed by atoms with Gasteiger partial charge in [0, 0.05) is 36.3 Å². The van der Waals surface area contributed by atoms with Crippen LogP contribution in [-0.2, 0) is 6.42 Å². The first-order chi connectivity index (χ1) is 12.2. The number of aryl methyl sites for hydroxylation is 1. The third-order valence-corrected chi connectivity index (χ3v) is 5.15. The molecule has 1 aliphatic rings. The van der Waals surface area contributed by atoms with Gasteiger partial charge < -0.3 is 5.11 Å². The second-order valence-corrected chi connectivity index (χ2v) is 7.48. The minimum Gasteiger partial charge on any atom is -0.393 e. The van der Waals surface area contributed by atoms with Crippen LogP contribution >= 0.6 is 0 Å². The fourth-order valence-corrected chi connectivity index (χ4v) is 3.76. The molecule has 2 aromatic rings. The van der Waals surface area contributed by atoms with Gasteiger partial charge in [0.2, 0.25) is 0 Å². The van der Waals surface area contributed by atoms with Gasteiger partial charge in [-0.3, -0.25) is 4.98 Å². The number of hydrogen-bond donors (Lipinski definition) is 1. The highest BCUT2D eigenvalue weighted by Crippen LogP contribution is 2.36. The number of aliphatic hydroxyl groups is 1. The molecule has 1 saturated carbocycles. The minimum absolute atomic E-state index is 0.194. The van der Waals surface area contributed by atoms with Crippen LogP contribution in [0.25, 0.3) is 10.9 Å². The fourth-order valence-electron chi connectivity index (χ4n) is 3.76. The first-order valence-electron chi connectivity index (χ1n) is 9.09. The molecule has 1 atom stereocenters. The smallest absolute Gasteiger partial charge is 0.389 e. The number of pyridine rings is 1. The highest BCUT2D eigenvalue weighted by Gasteiger charge is 2.30. The van der Waals surface area contributed by atoms with E-state index < -0.39 is 18.5 Å². The lowest BCUT2D eigenvalue weighted by molar-refractivity contribution is -0.143. The van der Waals surface area contributed by atoms with E-state index in [1.807, 2.05) is 13.1 Å². The van der Waals surface area contributed by atoms with E-state index in [0.717, 1.165) is 47.8 Å². The molecule has 0 spiro atoms. The molecule has 26 heavy (non-hydrogen) atoms. The van der Waals surface area contributed by atoms with Crippen LogP contribution in [0.15, 0.2) is 12.4 Å². The van der Waals surface area contributed by atoms with Gasteiger partial charge in [-0.25, -0.2) is 9.97 Å². The maximum absolute atomic E-state index is 12.6. The maximum Gasteiger partial charge on any atom is 0.389 e. The number of rotatable bonds is 4. The normalized spacial score (nSPS) is 22.5. The fraction of sp³-hybridized carbons (Fsp3) is 0.632. The average Bonchev–Trinajstić information content (AvgIpc) is 2.54. The molecule has 7 heteroatoms. The molecule has 142 valence electrons. The summed E-state index contributed by atoms with van der Waals surface area (Å²) in [5, 5.41) is 10.6. The first kappa shape index (κ1) is 19.0. The van der Waals surface area contributed by atoms with Crippen molar-refractivity contribution in [1.82, 2.24) is 15.0 Å². The second kappa shape index (κ2) is 7.47. The molecule has 2 heterocycles. The molecule has 0 aromatic carbocycles. The van der Waals surface area contributed by atoms with Crippen molar-refractivity contribution in [2.45, 2.75) is 70.6 Å². The lowest BCUT2D eigenvalue weighted by Gasteiger charge is -2.26. The lowest BCUT2D eigenvalue weighted by atomic mass is 9.82. The summed E-state index contributed by atoms with van der Waals surface area (Å²) in [5.74, 6) is 0.143. The Kier molecular flexibility index (Phi) is 5.46. The van der Waals surface area contributed by atoms with Gasteiger partial charge in [0.05, 0.1) is 11.6 Å². The number of alkyl halides is 3. The summed E-state index contributed by atoms with van der Waals surface area (Å²) >= 11 is 0. The van der Waals surface area contributed by atoms with Crippen molar-refractivity contribution in [2.75, 3.05) is 0 Å². The predicted molar refractivity (Wildman–Crippen MR) is 92.8 cm³/mol. The van der Waals surface area contributed by atoms with E-state index in [2.05, 4.69) is 15.0 Å². The number of aliphatic hydroxyl groups excluding tert-OH is 1. The van der Waals surface area contributed by atoms with Gasteiger partial charge in [0.15, 0.2) is 0 Å². The van der Waals surface area contributed by atoms with Gasteiger partial charge in [-0.2, -0.15) is 13.2 Å². The van der Waals surface area contributed by atoms with E-state index in [1.54, 1.807) is 13.1 Å². The molecule has 1 N–H and O–H groups in total. The Hall–Kier alpha value is -1.76. The average molecular weight is 367 g/mol. The first-order valence-corrected chi connectivity index (χ1v) is 9.09. The molecule has 2 aromatic heterocycles. The van der Waals surface area contributed by atoms with Crippen molar-refractivity contribution in [1.29, 1.82) is 0 Å². The van der Waals surface area contributed by atoms with E-state index in [-0.39, 0.29) is 18.4 Å². The summed E-state index contributed by atoms with van der Waals surface area (Å²) in [4.78, 5) is 13.3. The largest absolute Gasteiger partial charge is 0.393 e. The summed E-state index contributed by atoms with van der Waals surface area (Å²) in [6.07, 6.45) is 1.68. The van der Waals surface area contributed by atoms with Crippen LogP contribution in [0.5, 0.6) is 0 Å². The third-order valence-electron chi connectivity index (χ3n) is 5.15. The predicted octanol–water partition coefficient (Wildman–Crippen LogP) is 4.48. The van der Waals surface area contributed by atoms with Crippen molar-refractivity contribution in [3.8, 4) is 0 Å². The topological polar surface area (TPSA) is 58.9 Å². The van der Waals surface area contributed by atoms with Crippen LogP contribution in [0, 0.1) is 12.8 Å². The van der Waals surface area contributed by atoms with Crippen LogP contribution < -0.4 is 0 Å². The molecular weight excluding hydrogens is 343 g/mol. The van der Waals surface area contributed by atoms with E-state index >= 15 is 0 Å². The molecular formula is C19H24F3N3O. The van der Waals surface area contributed by atoms with Gasteiger partial charge in [0.1, 0.15) is 5.82 Å². The number of nitrogens with zero attached hydrogens (tertiary/aromatic N) is 3. The molecule has 1 fully saturated rings. The molecule has 0 saturated heterocycles. The Balaban J connectivity index is 1.90. The van der Waals surface area contributed by atoms with Gasteiger partial charge in [-0.15, -0.1) is 0 Å². The van der Waals surface area contributed by atoms with E-state index in [1.165, 1.54) is 0 Å². The summed E-state index contributed by atoms with van der Waals surface area (Å²) in [7, 11) is 0. The SMILES string of the molecule is Cc1ncc(C2CCC(O)CC2)c2nc(C[C@@H](C)CC(F)(F)F)ncc12.